The Kier molecular flexibility index (Phi) is 15.4. The van der Waals surface area contributed by atoms with Gasteiger partial charge < -0.3 is 9.47 Å². The standard InChI is InChI=1S/C30H6F34N2O6/c31-13(17(35,36)19(39,40)21(43,44)23(47,48)25(51,52)27(55,56)29(59,60)61)15(33)71-7-1-3-9(11(5-7)65(67)68)10-4-2-8(6-12(10)66(69)70)72-16(34)14(32)18(37,38)20(41,42)22(45,46)24(49,50)26(53,54)28(57,58)30(62,63)64/h1-6H. The van der Waals surface area contributed by atoms with Crippen LogP contribution in [0.3, 0.4) is 0 Å². The second kappa shape index (κ2) is 17.9. The highest BCUT2D eigenvalue weighted by Gasteiger charge is 2.95. The van der Waals surface area contributed by atoms with Crippen LogP contribution >= 0.6 is 0 Å². The third-order valence-corrected chi connectivity index (χ3v) is 8.59. The van der Waals surface area contributed by atoms with E-state index in [1.165, 1.54) is 0 Å². The summed E-state index contributed by atoms with van der Waals surface area (Å²) in [6.07, 6.45) is -16.1. The summed E-state index contributed by atoms with van der Waals surface area (Å²) in [4.78, 5) is 19.5. The number of allylic oxidation sites excluding steroid dienone is 2. The lowest BCUT2D eigenvalue weighted by atomic mass is 9.91. The first-order valence-electron chi connectivity index (χ1n) is 16.1. The summed E-state index contributed by atoms with van der Waals surface area (Å²) in [6, 6.07) is -10.3. The van der Waals surface area contributed by atoms with Gasteiger partial charge in [-0.2, -0.15) is 149 Å². The molecule has 0 unspecified atom stereocenters. The van der Waals surface area contributed by atoms with Gasteiger partial charge in [0.1, 0.15) is 11.5 Å². The number of benzene rings is 2. The fourth-order valence-corrected chi connectivity index (χ4v) is 4.66. The number of nitro benzene ring substituents is 2. The molecular weight excluding hydrogens is 1130 g/mol. The third kappa shape index (κ3) is 8.98. The molecule has 0 fully saturated rings. The molecule has 0 saturated carbocycles. The Hall–Kier alpha value is -6.06. The second-order valence-electron chi connectivity index (χ2n) is 13.1. The molecule has 0 heterocycles. The number of rotatable bonds is 19. The SMILES string of the molecule is O=[N+]([O-])c1cc(OC(F)=C(F)C(F)(F)C(F)(F)C(F)(F)C(F)(F)C(F)(F)C(F)(F)C(F)(F)F)ccc1-c1ccc(OC(F)=C(F)C(F)(F)C(F)(F)C(F)(F)C(F)(F)C(F)(F)C(F)(F)C(F)(F)F)cc1[N+](=O)[O-]. The summed E-state index contributed by atoms with van der Waals surface area (Å²) < 4.78 is 466. The maximum Gasteiger partial charge on any atom is 0.460 e. The van der Waals surface area contributed by atoms with Crippen molar-refractivity contribution in [2.75, 3.05) is 0 Å². The molecule has 0 spiro atoms. The zero-order valence-electron chi connectivity index (χ0n) is 31.7. The summed E-state index contributed by atoms with van der Waals surface area (Å²) >= 11 is 0. The Morgan fingerprint density at radius 1 is 0.347 bits per heavy atom. The lowest BCUT2D eigenvalue weighted by Gasteiger charge is -2.41. The van der Waals surface area contributed by atoms with E-state index in [-0.39, 0.29) is 24.3 Å². The van der Waals surface area contributed by atoms with E-state index in [1.807, 2.05) is 0 Å². The van der Waals surface area contributed by atoms with Crippen LogP contribution in [-0.4, -0.2) is 93.3 Å². The van der Waals surface area contributed by atoms with Gasteiger partial charge in [-0.3, -0.25) is 20.2 Å². The van der Waals surface area contributed by atoms with Gasteiger partial charge in [0.2, 0.25) is 11.7 Å². The normalized spacial score (nSPS) is 15.8. The Morgan fingerprint density at radius 2 is 0.556 bits per heavy atom. The number of halogens is 34. The highest BCUT2D eigenvalue weighted by Crippen LogP contribution is 2.65. The highest BCUT2D eigenvalue weighted by atomic mass is 19.4. The van der Waals surface area contributed by atoms with Crippen LogP contribution in [0.25, 0.3) is 11.1 Å². The molecule has 2 aromatic rings. The molecule has 0 atom stereocenters. The van der Waals surface area contributed by atoms with E-state index in [1.54, 1.807) is 0 Å². The number of nitro groups is 2. The molecule has 0 bridgehead atoms. The van der Waals surface area contributed by atoms with Crippen molar-refractivity contribution in [2.45, 2.75) is 83.4 Å². The van der Waals surface area contributed by atoms with Crippen molar-refractivity contribution >= 4 is 11.4 Å². The topological polar surface area (TPSA) is 105 Å². The van der Waals surface area contributed by atoms with E-state index in [9.17, 15) is 170 Å². The predicted molar refractivity (Wildman–Crippen MR) is 156 cm³/mol. The number of hydrogen-bond donors (Lipinski definition) is 0. The summed E-state index contributed by atoms with van der Waals surface area (Å²) in [7, 11) is 0. The van der Waals surface area contributed by atoms with Gasteiger partial charge in [0.25, 0.3) is 11.4 Å². The van der Waals surface area contributed by atoms with E-state index < -0.39 is 163 Å². The van der Waals surface area contributed by atoms with Crippen LogP contribution in [0, 0.1) is 20.2 Å². The first-order valence-corrected chi connectivity index (χ1v) is 16.1. The van der Waals surface area contributed by atoms with Gasteiger partial charge in [-0.15, -0.1) is 0 Å². The fourth-order valence-electron chi connectivity index (χ4n) is 4.66. The van der Waals surface area contributed by atoms with Gasteiger partial charge in [0.15, 0.2) is 0 Å². The first kappa shape index (κ1) is 62.1. The minimum absolute atomic E-state index is 0.154. The quantitative estimate of drug-likeness (QED) is 0.0601. The van der Waals surface area contributed by atoms with Crippen LogP contribution in [0.2, 0.25) is 0 Å². The van der Waals surface area contributed by atoms with Gasteiger partial charge in [0, 0.05) is 0 Å². The van der Waals surface area contributed by atoms with Crippen molar-refractivity contribution in [3.8, 4) is 22.6 Å². The monoisotopic (exact) mass is 1140 g/mol. The van der Waals surface area contributed by atoms with Crippen molar-refractivity contribution in [3.63, 3.8) is 0 Å². The van der Waals surface area contributed by atoms with Crippen molar-refractivity contribution in [3.05, 3.63) is 80.3 Å². The van der Waals surface area contributed by atoms with E-state index in [4.69, 9.17) is 0 Å². The minimum atomic E-state index is -9.01. The highest BCUT2D eigenvalue weighted by molar-refractivity contribution is 5.82. The van der Waals surface area contributed by atoms with Crippen LogP contribution in [0.4, 0.5) is 161 Å². The van der Waals surface area contributed by atoms with Gasteiger partial charge in [-0.1, -0.05) is 0 Å². The fraction of sp³-hybridized carbons (Fsp3) is 0.467. The zero-order valence-corrected chi connectivity index (χ0v) is 31.7. The van der Waals surface area contributed by atoms with Crippen molar-refractivity contribution < 1.29 is 169 Å². The van der Waals surface area contributed by atoms with E-state index in [2.05, 4.69) is 9.47 Å². The maximum atomic E-state index is 14.3. The van der Waals surface area contributed by atoms with Crippen LogP contribution < -0.4 is 9.47 Å². The molecule has 0 aliphatic carbocycles. The molecule has 0 radical (unpaired) electrons. The second-order valence-corrected chi connectivity index (χ2v) is 13.1. The maximum absolute atomic E-state index is 14.3. The number of nitrogens with zero attached hydrogens (tertiary/aromatic N) is 2. The van der Waals surface area contributed by atoms with Crippen molar-refractivity contribution in [1.29, 1.82) is 0 Å². The van der Waals surface area contributed by atoms with Crippen molar-refractivity contribution in [2.24, 2.45) is 0 Å². The summed E-state index contributed by atoms with van der Waals surface area (Å²) in [6.45, 7) is 0. The van der Waals surface area contributed by atoms with Gasteiger partial charge in [-0.05, 0) is 24.3 Å². The van der Waals surface area contributed by atoms with Crippen LogP contribution in [0.1, 0.15) is 0 Å². The lowest BCUT2D eigenvalue weighted by Crippen LogP contribution is -2.72. The molecular formula is C30H6F34N2O6. The Morgan fingerprint density at radius 3 is 0.764 bits per heavy atom. The molecule has 8 nitrogen and oxygen atoms in total. The molecule has 0 amide bonds. The molecule has 42 heteroatoms. The molecule has 0 saturated heterocycles. The average molecular weight is 1140 g/mol. The van der Waals surface area contributed by atoms with Crippen LogP contribution in [-0.2, 0) is 0 Å². The lowest BCUT2D eigenvalue weighted by molar-refractivity contribution is -0.451. The molecule has 410 valence electrons. The van der Waals surface area contributed by atoms with Crippen LogP contribution in [0.5, 0.6) is 11.5 Å². The van der Waals surface area contributed by atoms with E-state index in [0.29, 0.717) is 0 Å². The van der Waals surface area contributed by atoms with Gasteiger partial charge in [0.05, 0.1) is 33.1 Å². The van der Waals surface area contributed by atoms with E-state index >= 15 is 0 Å². The Labute approximate surface area is 367 Å². The Bertz CT molecular complexity index is 2320. The Balaban J connectivity index is 2.69. The summed E-state index contributed by atoms with van der Waals surface area (Å²) in [5.74, 6) is -118. The molecule has 2 rings (SSSR count). The molecule has 0 N–H and O–H groups in total. The third-order valence-electron chi connectivity index (χ3n) is 8.59. The smallest absolute Gasteiger partial charge is 0.429 e. The van der Waals surface area contributed by atoms with E-state index in [0.717, 1.165) is 0 Å². The molecule has 72 heavy (non-hydrogen) atoms. The number of alkyl halides is 30. The molecule has 0 aliphatic rings. The first-order chi connectivity index (χ1) is 31.4. The predicted octanol–water partition coefficient (Wildman–Crippen LogP) is 14.9. The number of ether oxygens (including phenoxy) is 2. The average Bonchev–Trinajstić information content (AvgIpc) is 3.21. The zero-order chi connectivity index (χ0) is 57.6. The largest absolute Gasteiger partial charge is 0.460 e. The summed E-state index contributed by atoms with van der Waals surface area (Å²) in [5.41, 5.74) is -6.97. The van der Waals surface area contributed by atoms with Gasteiger partial charge in [-0.25, -0.2) is 0 Å². The minimum Gasteiger partial charge on any atom is -0.429 e. The molecule has 0 aromatic heterocycles. The van der Waals surface area contributed by atoms with Crippen LogP contribution in [0.15, 0.2) is 60.1 Å². The molecule has 2 aromatic carbocycles. The molecule has 0 aliphatic heterocycles. The van der Waals surface area contributed by atoms with Gasteiger partial charge >= 0.3 is 95.4 Å². The number of hydrogen-bond acceptors (Lipinski definition) is 6. The van der Waals surface area contributed by atoms with Crippen molar-refractivity contribution in [1.82, 2.24) is 0 Å². The summed E-state index contributed by atoms with van der Waals surface area (Å²) in [5, 5.41) is 23.3.